The number of nitrogens with zero attached hydrogens (tertiary/aromatic N) is 3. The number of amides is 1. The number of methoxy groups -OCH3 is 1. The fraction of sp³-hybridized carbons (Fsp3) is 0.158. The Morgan fingerprint density at radius 2 is 2.07 bits per heavy atom. The summed E-state index contributed by atoms with van der Waals surface area (Å²) < 4.78 is 12.9. The van der Waals surface area contributed by atoms with Crippen LogP contribution in [0.2, 0.25) is 0 Å². The van der Waals surface area contributed by atoms with Gasteiger partial charge in [-0.15, -0.1) is 0 Å². The lowest BCUT2D eigenvalue weighted by Crippen LogP contribution is -2.16. The monoisotopic (exact) mass is 460 g/mol. The normalized spacial score (nSPS) is 10.4. The number of nitro groups is 1. The highest BCUT2D eigenvalue weighted by Crippen LogP contribution is 2.35. The summed E-state index contributed by atoms with van der Waals surface area (Å²) in [6.45, 7) is 2.07. The zero-order valence-electron chi connectivity index (χ0n) is 15.6. The first kappa shape index (κ1) is 20.3. The molecule has 150 valence electrons. The Morgan fingerprint density at radius 1 is 1.31 bits per heavy atom. The highest BCUT2D eigenvalue weighted by molar-refractivity contribution is 9.10. The summed E-state index contributed by atoms with van der Waals surface area (Å²) in [4.78, 5) is 23.8. The molecule has 0 saturated carbocycles. The zero-order chi connectivity index (χ0) is 21.0. The molecule has 1 heterocycles. The molecule has 3 rings (SSSR count). The van der Waals surface area contributed by atoms with Gasteiger partial charge in [0.1, 0.15) is 5.56 Å². The van der Waals surface area contributed by atoms with Crippen molar-refractivity contribution in [3.8, 4) is 17.2 Å². The standard InChI is InChI=1S/C19H17BrN4O5/c1-3-29-18-8-13(16(24(26)27)9-17(18)28-2)19(25)22-14-6-4-5-7-15(14)23-11-12(20)10-21-23/h4-11H,3H2,1-2H3,(H,22,25). The van der Waals surface area contributed by atoms with Gasteiger partial charge in [-0.05, 0) is 35.0 Å². The maximum atomic E-state index is 12.9. The van der Waals surface area contributed by atoms with Crippen LogP contribution in [0.15, 0.2) is 53.3 Å². The number of rotatable bonds is 7. The number of nitrogens with one attached hydrogen (secondary N) is 1. The molecule has 0 unspecified atom stereocenters. The van der Waals surface area contributed by atoms with Crippen molar-refractivity contribution >= 4 is 33.2 Å². The summed E-state index contributed by atoms with van der Waals surface area (Å²) in [7, 11) is 1.37. The predicted molar refractivity (Wildman–Crippen MR) is 110 cm³/mol. The quantitative estimate of drug-likeness (QED) is 0.417. The predicted octanol–water partition coefficient (Wildman–Crippen LogP) is 4.20. The molecule has 1 aromatic heterocycles. The van der Waals surface area contributed by atoms with Crippen LogP contribution in [0.1, 0.15) is 17.3 Å². The number of anilines is 1. The van der Waals surface area contributed by atoms with Gasteiger partial charge in [-0.3, -0.25) is 14.9 Å². The van der Waals surface area contributed by atoms with Crippen molar-refractivity contribution in [2.45, 2.75) is 6.92 Å². The number of hydrogen-bond donors (Lipinski definition) is 1. The molecule has 2 aromatic carbocycles. The molecular formula is C19H17BrN4O5. The first-order chi connectivity index (χ1) is 13.9. The van der Waals surface area contributed by atoms with Gasteiger partial charge >= 0.3 is 0 Å². The molecule has 3 aromatic rings. The third kappa shape index (κ3) is 4.37. The lowest BCUT2D eigenvalue weighted by atomic mass is 10.1. The van der Waals surface area contributed by atoms with E-state index in [9.17, 15) is 14.9 Å². The number of ether oxygens (including phenoxy) is 2. The number of aromatic nitrogens is 2. The van der Waals surface area contributed by atoms with E-state index in [0.29, 0.717) is 18.0 Å². The molecule has 1 N–H and O–H groups in total. The summed E-state index contributed by atoms with van der Waals surface area (Å²) in [5.41, 5.74) is 0.515. The van der Waals surface area contributed by atoms with Crippen LogP contribution in [-0.2, 0) is 0 Å². The van der Waals surface area contributed by atoms with Crippen molar-refractivity contribution in [1.82, 2.24) is 9.78 Å². The van der Waals surface area contributed by atoms with E-state index in [4.69, 9.17) is 9.47 Å². The average molecular weight is 461 g/mol. The number of carbonyl (C=O) groups is 1. The van der Waals surface area contributed by atoms with Crippen LogP contribution >= 0.6 is 15.9 Å². The van der Waals surface area contributed by atoms with E-state index in [0.717, 1.165) is 4.47 Å². The van der Waals surface area contributed by atoms with Crippen LogP contribution in [0.5, 0.6) is 11.5 Å². The van der Waals surface area contributed by atoms with Crippen LogP contribution < -0.4 is 14.8 Å². The maximum absolute atomic E-state index is 12.9. The van der Waals surface area contributed by atoms with Gasteiger partial charge in [0, 0.05) is 12.3 Å². The van der Waals surface area contributed by atoms with Crippen LogP contribution in [0, 0.1) is 10.1 Å². The third-order valence-corrected chi connectivity index (χ3v) is 4.38. The van der Waals surface area contributed by atoms with E-state index in [-0.39, 0.29) is 22.7 Å². The van der Waals surface area contributed by atoms with Crippen LogP contribution in [-0.4, -0.2) is 34.3 Å². The first-order valence-corrected chi connectivity index (χ1v) is 9.34. The van der Waals surface area contributed by atoms with Crippen LogP contribution in [0.25, 0.3) is 5.69 Å². The Balaban J connectivity index is 2.02. The highest BCUT2D eigenvalue weighted by atomic mass is 79.9. The van der Waals surface area contributed by atoms with Crippen molar-refractivity contribution in [3.05, 3.63) is 68.9 Å². The Hall–Kier alpha value is -3.40. The number of benzene rings is 2. The van der Waals surface area contributed by atoms with Gasteiger partial charge in [-0.25, -0.2) is 4.68 Å². The summed E-state index contributed by atoms with van der Waals surface area (Å²) in [6, 6.07) is 9.47. The lowest BCUT2D eigenvalue weighted by Gasteiger charge is -2.13. The lowest BCUT2D eigenvalue weighted by molar-refractivity contribution is -0.385. The van der Waals surface area contributed by atoms with Crippen molar-refractivity contribution in [2.24, 2.45) is 0 Å². The van der Waals surface area contributed by atoms with Gasteiger partial charge in [0.15, 0.2) is 11.5 Å². The molecule has 10 heteroatoms. The largest absolute Gasteiger partial charge is 0.493 e. The topological polar surface area (TPSA) is 109 Å². The molecular weight excluding hydrogens is 444 g/mol. The Labute approximate surface area is 174 Å². The second kappa shape index (κ2) is 8.74. The Morgan fingerprint density at radius 3 is 2.69 bits per heavy atom. The second-order valence-corrected chi connectivity index (χ2v) is 6.70. The first-order valence-electron chi connectivity index (χ1n) is 8.54. The van der Waals surface area contributed by atoms with E-state index in [1.165, 1.54) is 19.2 Å². The minimum absolute atomic E-state index is 0.143. The molecule has 9 nitrogen and oxygen atoms in total. The number of para-hydroxylation sites is 2. The fourth-order valence-electron chi connectivity index (χ4n) is 2.71. The Kier molecular flexibility index (Phi) is 6.13. The van der Waals surface area contributed by atoms with E-state index >= 15 is 0 Å². The van der Waals surface area contributed by atoms with Crippen molar-refractivity contribution in [2.75, 3.05) is 19.0 Å². The number of nitro benzene ring substituents is 1. The van der Waals surface area contributed by atoms with Gasteiger partial charge in [-0.2, -0.15) is 5.10 Å². The van der Waals surface area contributed by atoms with Gasteiger partial charge in [0.2, 0.25) is 0 Å². The summed E-state index contributed by atoms with van der Waals surface area (Å²) in [6.07, 6.45) is 3.34. The van der Waals surface area contributed by atoms with E-state index in [2.05, 4.69) is 26.3 Å². The molecule has 0 fully saturated rings. The van der Waals surface area contributed by atoms with Crippen LogP contribution in [0.4, 0.5) is 11.4 Å². The van der Waals surface area contributed by atoms with Crippen molar-refractivity contribution < 1.29 is 19.2 Å². The van der Waals surface area contributed by atoms with Crippen molar-refractivity contribution in [1.29, 1.82) is 0 Å². The van der Waals surface area contributed by atoms with Gasteiger partial charge in [-0.1, -0.05) is 12.1 Å². The van der Waals surface area contributed by atoms with Gasteiger partial charge in [0.05, 0.1) is 46.8 Å². The molecule has 0 aliphatic rings. The van der Waals surface area contributed by atoms with Crippen LogP contribution in [0.3, 0.4) is 0 Å². The third-order valence-electron chi connectivity index (χ3n) is 3.97. The molecule has 0 aliphatic heterocycles. The number of hydrogen-bond acceptors (Lipinski definition) is 6. The smallest absolute Gasteiger partial charge is 0.286 e. The molecule has 0 aliphatic carbocycles. The molecule has 0 bridgehead atoms. The summed E-state index contributed by atoms with van der Waals surface area (Å²) >= 11 is 3.33. The molecule has 29 heavy (non-hydrogen) atoms. The van der Waals surface area contributed by atoms with E-state index in [1.807, 2.05) is 0 Å². The van der Waals surface area contributed by atoms with E-state index in [1.54, 1.807) is 48.3 Å². The highest BCUT2D eigenvalue weighted by Gasteiger charge is 2.25. The van der Waals surface area contributed by atoms with E-state index < -0.39 is 10.8 Å². The molecule has 1 amide bonds. The molecule has 0 spiro atoms. The summed E-state index contributed by atoms with van der Waals surface area (Å²) in [5.74, 6) is -0.231. The summed E-state index contributed by atoms with van der Waals surface area (Å²) in [5, 5.41) is 18.4. The SMILES string of the molecule is CCOc1cc(C(=O)Nc2ccccc2-n2cc(Br)cn2)c([N+](=O)[O-])cc1OC. The molecule has 0 atom stereocenters. The van der Waals surface area contributed by atoms with Gasteiger partial charge < -0.3 is 14.8 Å². The zero-order valence-corrected chi connectivity index (χ0v) is 17.2. The molecule has 0 radical (unpaired) electrons. The fourth-order valence-corrected chi connectivity index (χ4v) is 3.00. The minimum Gasteiger partial charge on any atom is -0.493 e. The minimum atomic E-state index is -0.654. The molecule has 0 saturated heterocycles. The second-order valence-electron chi connectivity index (χ2n) is 5.78. The van der Waals surface area contributed by atoms with Crippen molar-refractivity contribution in [3.63, 3.8) is 0 Å². The maximum Gasteiger partial charge on any atom is 0.286 e. The average Bonchev–Trinajstić information content (AvgIpc) is 3.14. The number of halogens is 1. The number of carbonyl (C=O) groups excluding carboxylic acids is 1. The Bertz CT molecular complexity index is 1070. The van der Waals surface area contributed by atoms with Gasteiger partial charge in [0.25, 0.3) is 11.6 Å².